The highest BCUT2D eigenvalue weighted by Crippen LogP contribution is 2.31. The fourth-order valence-electron chi connectivity index (χ4n) is 1.69. The van der Waals surface area contributed by atoms with Crippen LogP contribution in [-0.4, -0.2) is 22.2 Å². The Morgan fingerprint density at radius 3 is 2.19 bits per heavy atom. The Bertz CT molecular complexity index is 373. The molecule has 0 saturated heterocycles. The van der Waals surface area contributed by atoms with E-state index in [1.165, 1.54) is 11.3 Å². The SMILES string of the molecule is CCc1csc(CC)c1C(C(=O)O)C(=O)O. The maximum absolute atomic E-state index is 11.0. The molecule has 4 nitrogen and oxygen atoms in total. The zero-order chi connectivity index (χ0) is 12.3. The molecule has 0 aliphatic carbocycles. The summed E-state index contributed by atoms with van der Waals surface area (Å²) in [5.74, 6) is -4.03. The third-order valence-electron chi connectivity index (χ3n) is 2.47. The molecule has 1 rings (SSSR count). The Morgan fingerprint density at radius 2 is 1.81 bits per heavy atom. The number of aryl methyl sites for hydroxylation is 2. The first-order valence-corrected chi connectivity index (χ1v) is 5.95. The van der Waals surface area contributed by atoms with Crippen molar-refractivity contribution in [3.63, 3.8) is 0 Å². The molecule has 0 spiro atoms. The second-order valence-electron chi connectivity index (χ2n) is 3.41. The van der Waals surface area contributed by atoms with Crippen LogP contribution in [0.2, 0.25) is 0 Å². The predicted octanol–water partition coefficient (Wildman–Crippen LogP) is 2.13. The average molecular weight is 242 g/mol. The van der Waals surface area contributed by atoms with Gasteiger partial charge in [0.25, 0.3) is 0 Å². The van der Waals surface area contributed by atoms with Crippen molar-refractivity contribution >= 4 is 23.3 Å². The molecule has 5 heteroatoms. The van der Waals surface area contributed by atoms with Gasteiger partial charge in [-0.1, -0.05) is 13.8 Å². The van der Waals surface area contributed by atoms with Crippen molar-refractivity contribution in [2.45, 2.75) is 32.6 Å². The van der Waals surface area contributed by atoms with Crippen molar-refractivity contribution < 1.29 is 19.8 Å². The van der Waals surface area contributed by atoms with Crippen LogP contribution in [0.1, 0.15) is 35.8 Å². The van der Waals surface area contributed by atoms with Gasteiger partial charge < -0.3 is 10.2 Å². The standard InChI is InChI=1S/C11H14O4S/c1-3-6-5-16-7(4-2)8(6)9(10(12)13)11(14)15/h5,9H,3-4H2,1-2H3,(H,12,13)(H,14,15). The molecule has 2 N–H and O–H groups in total. The molecule has 0 amide bonds. The van der Waals surface area contributed by atoms with Gasteiger partial charge in [-0.05, 0) is 29.3 Å². The largest absolute Gasteiger partial charge is 0.480 e. The topological polar surface area (TPSA) is 74.6 Å². The fraction of sp³-hybridized carbons (Fsp3) is 0.455. The molecule has 0 fully saturated rings. The van der Waals surface area contributed by atoms with Crippen molar-refractivity contribution in [1.82, 2.24) is 0 Å². The summed E-state index contributed by atoms with van der Waals surface area (Å²) in [6, 6.07) is 0. The Morgan fingerprint density at radius 1 is 1.25 bits per heavy atom. The fourth-order valence-corrected chi connectivity index (χ4v) is 2.82. The molecule has 0 saturated carbocycles. The van der Waals surface area contributed by atoms with Gasteiger partial charge in [0, 0.05) is 4.88 Å². The molecule has 0 bridgehead atoms. The number of carbonyl (C=O) groups is 2. The van der Waals surface area contributed by atoms with E-state index in [1.54, 1.807) is 0 Å². The molecular weight excluding hydrogens is 228 g/mol. The Kier molecular flexibility index (Phi) is 4.06. The second-order valence-corrected chi connectivity index (χ2v) is 4.38. The van der Waals surface area contributed by atoms with Crippen molar-refractivity contribution in [3.05, 3.63) is 21.4 Å². The van der Waals surface area contributed by atoms with Gasteiger partial charge in [-0.2, -0.15) is 0 Å². The molecule has 0 aliphatic rings. The molecule has 1 aromatic heterocycles. The van der Waals surface area contributed by atoms with Crippen LogP contribution in [0.4, 0.5) is 0 Å². The average Bonchev–Trinajstić information content (AvgIpc) is 2.59. The maximum Gasteiger partial charge on any atom is 0.322 e. The first kappa shape index (κ1) is 12.7. The third kappa shape index (κ3) is 2.24. The van der Waals surface area contributed by atoms with Gasteiger partial charge in [0.2, 0.25) is 0 Å². The first-order chi connectivity index (χ1) is 7.52. The maximum atomic E-state index is 11.0. The Hall–Kier alpha value is -1.36. The van der Waals surface area contributed by atoms with E-state index in [0.29, 0.717) is 18.4 Å². The van der Waals surface area contributed by atoms with Crippen LogP contribution >= 0.6 is 11.3 Å². The number of aliphatic carboxylic acids is 2. The lowest BCUT2D eigenvalue weighted by Crippen LogP contribution is -2.22. The first-order valence-electron chi connectivity index (χ1n) is 5.07. The van der Waals surface area contributed by atoms with Crippen LogP contribution in [0.25, 0.3) is 0 Å². The Balaban J connectivity index is 3.31. The minimum Gasteiger partial charge on any atom is -0.480 e. The highest BCUT2D eigenvalue weighted by Gasteiger charge is 2.32. The van der Waals surface area contributed by atoms with E-state index in [2.05, 4.69) is 0 Å². The third-order valence-corrected chi connectivity index (χ3v) is 3.67. The van der Waals surface area contributed by atoms with Crippen LogP contribution in [0.15, 0.2) is 5.38 Å². The monoisotopic (exact) mass is 242 g/mol. The van der Waals surface area contributed by atoms with Crippen molar-refractivity contribution in [3.8, 4) is 0 Å². The molecule has 0 aromatic carbocycles. The van der Waals surface area contributed by atoms with E-state index >= 15 is 0 Å². The van der Waals surface area contributed by atoms with Crippen molar-refractivity contribution in [2.75, 3.05) is 0 Å². The number of rotatable bonds is 5. The summed E-state index contributed by atoms with van der Waals surface area (Å²) < 4.78 is 0. The van der Waals surface area contributed by atoms with Crippen molar-refractivity contribution in [1.29, 1.82) is 0 Å². The molecule has 0 radical (unpaired) electrons. The summed E-state index contributed by atoms with van der Waals surface area (Å²) in [5, 5.41) is 19.8. The molecular formula is C11H14O4S. The van der Waals surface area contributed by atoms with E-state index in [0.717, 1.165) is 10.4 Å². The number of hydrogen-bond acceptors (Lipinski definition) is 3. The summed E-state index contributed by atoms with van der Waals surface area (Å²) in [5.41, 5.74) is 1.31. The van der Waals surface area contributed by atoms with E-state index in [-0.39, 0.29) is 0 Å². The lowest BCUT2D eigenvalue weighted by molar-refractivity contribution is -0.150. The summed E-state index contributed by atoms with van der Waals surface area (Å²) >= 11 is 1.44. The highest BCUT2D eigenvalue weighted by molar-refractivity contribution is 7.10. The lowest BCUT2D eigenvalue weighted by Gasteiger charge is -2.10. The van der Waals surface area contributed by atoms with Gasteiger partial charge >= 0.3 is 11.9 Å². The molecule has 16 heavy (non-hydrogen) atoms. The number of thiophene rings is 1. The molecule has 0 atom stereocenters. The van der Waals surface area contributed by atoms with E-state index in [9.17, 15) is 9.59 Å². The van der Waals surface area contributed by atoms with E-state index in [1.807, 2.05) is 19.2 Å². The minimum atomic E-state index is -1.43. The van der Waals surface area contributed by atoms with Gasteiger partial charge in [-0.15, -0.1) is 11.3 Å². The lowest BCUT2D eigenvalue weighted by atomic mass is 9.94. The Labute approximate surface area is 97.5 Å². The molecule has 0 unspecified atom stereocenters. The van der Waals surface area contributed by atoms with Crippen LogP contribution in [0.5, 0.6) is 0 Å². The molecule has 0 aliphatic heterocycles. The summed E-state index contributed by atoms with van der Waals surface area (Å²) in [4.78, 5) is 22.9. The van der Waals surface area contributed by atoms with Crippen molar-refractivity contribution in [2.24, 2.45) is 0 Å². The van der Waals surface area contributed by atoms with Gasteiger partial charge in [0.05, 0.1) is 0 Å². The number of hydrogen-bond donors (Lipinski definition) is 2. The zero-order valence-corrected chi connectivity index (χ0v) is 10.0. The molecule has 1 heterocycles. The second kappa shape index (κ2) is 5.12. The van der Waals surface area contributed by atoms with Crippen LogP contribution < -0.4 is 0 Å². The quantitative estimate of drug-likeness (QED) is 0.775. The normalized spacial score (nSPS) is 10.7. The summed E-state index contributed by atoms with van der Waals surface area (Å²) in [6.45, 7) is 3.79. The van der Waals surface area contributed by atoms with Crippen LogP contribution in [-0.2, 0) is 22.4 Å². The number of carboxylic acids is 2. The summed E-state index contributed by atoms with van der Waals surface area (Å²) in [6.07, 6.45) is 1.32. The smallest absolute Gasteiger partial charge is 0.322 e. The van der Waals surface area contributed by atoms with Gasteiger partial charge in [0.15, 0.2) is 5.92 Å². The highest BCUT2D eigenvalue weighted by atomic mass is 32.1. The van der Waals surface area contributed by atoms with E-state index < -0.39 is 17.9 Å². The summed E-state index contributed by atoms with van der Waals surface area (Å²) in [7, 11) is 0. The van der Waals surface area contributed by atoms with Crippen LogP contribution in [0.3, 0.4) is 0 Å². The minimum absolute atomic E-state index is 0.481. The van der Waals surface area contributed by atoms with Gasteiger partial charge in [-0.3, -0.25) is 9.59 Å². The van der Waals surface area contributed by atoms with Gasteiger partial charge in [0.1, 0.15) is 0 Å². The zero-order valence-electron chi connectivity index (χ0n) is 9.19. The van der Waals surface area contributed by atoms with Gasteiger partial charge in [-0.25, -0.2) is 0 Å². The predicted molar refractivity (Wildman–Crippen MR) is 61.1 cm³/mol. The van der Waals surface area contributed by atoms with Crippen LogP contribution in [0, 0.1) is 0 Å². The number of carboxylic acid groups (broad SMARTS) is 2. The molecule has 88 valence electrons. The van der Waals surface area contributed by atoms with E-state index in [4.69, 9.17) is 10.2 Å². The molecule has 1 aromatic rings.